The molecule has 6 heteroatoms. The molecule has 3 rings (SSSR count). The summed E-state index contributed by atoms with van der Waals surface area (Å²) in [6.07, 6.45) is 4.69. The minimum Gasteiger partial charge on any atom is -0.484 e. The Morgan fingerprint density at radius 2 is 1.69 bits per heavy atom. The SMILES string of the molecule is Cc1ccc(OCC(=O)N2CCN(CCc3ccncc3)CC2)cc1.Cl. The molecule has 140 valence electrons. The largest absolute Gasteiger partial charge is 0.484 e. The zero-order valence-corrected chi connectivity index (χ0v) is 16.0. The quantitative estimate of drug-likeness (QED) is 0.778. The molecule has 1 aliphatic rings. The Hall–Kier alpha value is -2.11. The molecule has 1 amide bonds. The lowest BCUT2D eigenvalue weighted by Crippen LogP contribution is -2.50. The van der Waals surface area contributed by atoms with E-state index < -0.39 is 0 Å². The van der Waals surface area contributed by atoms with E-state index in [0.717, 1.165) is 44.9 Å². The second-order valence-corrected chi connectivity index (χ2v) is 6.43. The van der Waals surface area contributed by atoms with Gasteiger partial charge in [-0.05, 0) is 43.2 Å². The maximum absolute atomic E-state index is 12.3. The molecule has 0 aliphatic carbocycles. The molecule has 26 heavy (non-hydrogen) atoms. The fourth-order valence-electron chi connectivity index (χ4n) is 2.93. The minimum atomic E-state index is 0. The van der Waals surface area contributed by atoms with Gasteiger partial charge in [-0.1, -0.05) is 17.7 Å². The van der Waals surface area contributed by atoms with Crippen LogP contribution in [0, 0.1) is 6.92 Å². The van der Waals surface area contributed by atoms with E-state index >= 15 is 0 Å². The summed E-state index contributed by atoms with van der Waals surface area (Å²) >= 11 is 0. The van der Waals surface area contributed by atoms with Crippen LogP contribution in [-0.2, 0) is 11.2 Å². The summed E-state index contributed by atoms with van der Waals surface area (Å²) in [7, 11) is 0. The third-order valence-corrected chi connectivity index (χ3v) is 4.57. The first kappa shape index (κ1) is 20.2. The number of halogens is 1. The van der Waals surface area contributed by atoms with Crippen molar-refractivity contribution in [3.05, 3.63) is 59.9 Å². The Labute approximate surface area is 161 Å². The Balaban J connectivity index is 0.00000243. The van der Waals surface area contributed by atoms with E-state index in [2.05, 4.69) is 22.0 Å². The molecule has 1 aromatic carbocycles. The normalized spacial score (nSPS) is 14.6. The fraction of sp³-hybridized carbons (Fsp3) is 0.400. The number of ether oxygens (including phenoxy) is 1. The van der Waals surface area contributed by atoms with Gasteiger partial charge >= 0.3 is 0 Å². The summed E-state index contributed by atoms with van der Waals surface area (Å²) in [5, 5.41) is 0. The summed E-state index contributed by atoms with van der Waals surface area (Å²) in [6, 6.07) is 11.9. The zero-order chi connectivity index (χ0) is 17.5. The predicted octanol–water partition coefficient (Wildman–Crippen LogP) is 2.58. The summed E-state index contributed by atoms with van der Waals surface area (Å²) in [6.45, 7) is 6.54. The maximum atomic E-state index is 12.3. The average molecular weight is 376 g/mol. The van der Waals surface area contributed by atoms with Crippen LogP contribution >= 0.6 is 12.4 Å². The summed E-state index contributed by atoms with van der Waals surface area (Å²) in [4.78, 5) is 20.7. The second-order valence-electron chi connectivity index (χ2n) is 6.43. The van der Waals surface area contributed by atoms with Crippen molar-refractivity contribution in [3.8, 4) is 5.75 Å². The highest BCUT2D eigenvalue weighted by molar-refractivity contribution is 5.85. The van der Waals surface area contributed by atoms with Crippen LogP contribution in [0.4, 0.5) is 0 Å². The number of pyridine rings is 1. The number of benzene rings is 1. The van der Waals surface area contributed by atoms with Crippen molar-refractivity contribution in [1.29, 1.82) is 0 Å². The number of carbonyl (C=O) groups excluding carboxylic acids is 1. The van der Waals surface area contributed by atoms with Crippen LogP contribution in [0.2, 0.25) is 0 Å². The fourth-order valence-corrected chi connectivity index (χ4v) is 2.93. The van der Waals surface area contributed by atoms with E-state index in [4.69, 9.17) is 4.74 Å². The van der Waals surface area contributed by atoms with E-state index in [1.165, 1.54) is 11.1 Å². The molecule has 1 aliphatic heterocycles. The predicted molar refractivity (Wildman–Crippen MR) is 105 cm³/mol. The number of hydrogen-bond acceptors (Lipinski definition) is 4. The van der Waals surface area contributed by atoms with Gasteiger partial charge in [-0.3, -0.25) is 14.7 Å². The van der Waals surface area contributed by atoms with Gasteiger partial charge < -0.3 is 9.64 Å². The maximum Gasteiger partial charge on any atom is 0.260 e. The molecule has 2 aromatic rings. The smallest absolute Gasteiger partial charge is 0.260 e. The number of piperazine rings is 1. The summed E-state index contributed by atoms with van der Waals surface area (Å²) < 4.78 is 5.60. The van der Waals surface area contributed by atoms with E-state index in [0.29, 0.717) is 0 Å². The first-order valence-corrected chi connectivity index (χ1v) is 8.79. The van der Waals surface area contributed by atoms with Gasteiger partial charge in [-0.25, -0.2) is 0 Å². The van der Waals surface area contributed by atoms with Crippen LogP contribution in [0.15, 0.2) is 48.8 Å². The van der Waals surface area contributed by atoms with E-state index in [1.807, 2.05) is 48.5 Å². The third kappa shape index (κ3) is 6.00. The van der Waals surface area contributed by atoms with Crippen molar-refractivity contribution in [2.75, 3.05) is 39.3 Å². The van der Waals surface area contributed by atoms with Crippen LogP contribution in [-0.4, -0.2) is 60.0 Å². The monoisotopic (exact) mass is 375 g/mol. The topological polar surface area (TPSA) is 45.7 Å². The van der Waals surface area contributed by atoms with Crippen LogP contribution in [0.1, 0.15) is 11.1 Å². The lowest BCUT2D eigenvalue weighted by molar-refractivity contribution is -0.135. The lowest BCUT2D eigenvalue weighted by atomic mass is 10.2. The van der Waals surface area contributed by atoms with E-state index in [-0.39, 0.29) is 24.9 Å². The van der Waals surface area contributed by atoms with Gasteiger partial charge in [0, 0.05) is 45.1 Å². The number of aryl methyl sites for hydroxylation is 1. The number of carbonyl (C=O) groups is 1. The molecule has 0 saturated carbocycles. The third-order valence-electron chi connectivity index (χ3n) is 4.57. The lowest BCUT2D eigenvalue weighted by Gasteiger charge is -2.34. The number of nitrogens with zero attached hydrogens (tertiary/aromatic N) is 3. The summed E-state index contributed by atoms with van der Waals surface area (Å²) in [5.41, 5.74) is 2.49. The Morgan fingerprint density at radius 1 is 1.04 bits per heavy atom. The average Bonchev–Trinajstić information content (AvgIpc) is 2.67. The number of aromatic nitrogens is 1. The number of rotatable bonds is 6. The molecule has 0 N–H and O–H groups in total. The summed E-state index contributed by atoms with van der Waals surface area (Å²) in [5.74, 6) is 0.810. The molecular formula is C20H26ClN3O2. The van der Waals surface area contributed by atoms with Gasteiger partial charge in [-0.2, -0.15) is 0 Å². The Kier molecular flexibility index (Phi) is 7.88. The molecule has 0 bridgehead atoms. The van der Waals surface area contributed by atoms with Crippen LogP contribution in [0.3, 0.4) is 0 Å². The molecule has 1 saturated heterocycles. The highest BCUT2D eigenvalue weighted by Crippen LogP contribution is 2.12. The van der Waals surface area contributed by atoms with Crippen LogP contribution < -0.4 is 4.74 Å². The molecule has 0 unspecified atom stereocenters. The highest BCUT2D eigenvalue weighted by Gasteiger charge is 2.21. The Bertz CT molecular complexity index is 671. The first-order chi connectivity index (χ1) is 12.2. The van der Waals surface area contributed by atoms with Crippen molar-refractivity contribution in [2.45, 2.75) is 13.3 Å². The van der Waals surface area contributed by atoms with Gasteiger partial charge in [0.15, 0.2) is 6.61 Å². The zero-order valence-electron chi connectivity index (χ0n) is 15.1. The highest BCUT2D eigenvalue weighted by atomic mass is 35.5. The van der Waals surface area contributed by atoms with Crippen molar-refractivity contribution in [1.82, 2.24) is 14.8 Å². The molecule has 0 radical (unpaired) electrons. The molecular weight excluding hydrogens is 350 g/mol. The van der Waals surface area contributed by atoms with Gasteiger partial charge in [0.25, 0.3) is 5.91 Å². The van der Waals surface area contributed by atoms with Gasteiger partial charge in [0.1, 0.15) is 5.75 Å². The van der Waals surface area contributed by atoms with Crippen LogP contribution in [0.5, 0.6) is 5.75 Å². The van der Waals surface area contributed by atoms with E-state index in [1.54, 1.807) is 0 Å². The minimum absolute atomic E-state index is 0. The van der Waals surface area contributed by atoms with Crippen LogP contribution in [0.25, 0.3) is 0 Å². The molecule has 0 atom stereocenters. The van der Waals surface area contributed by atoms with E-state index in [9.17, 15) is 4.79 Å². The Morgan fingerprint density at radius 3 is 2.35 bits per heavy atom. The molecule has 2 heterocycles. The van der Waals surface area contributed by atoms with Gasteiger partial charge in [0.05, 0.1) is 0 Å². The van der Waals surface area contributed by atoms with Crippen molar-refractivity contribution < 1.29 is 9.53 Å². The van der Waals surface area contributed by atoms with Gasteiger partial charge in [0.2, 0.25) is 0 Å². The molecule has 5 nitrogen and oxygen atoms in total. The first-order valence-electron chi connectivity index (χ1n) is 8.79. The molecule has 0 spiro atoms. The molecule has 1 fully saturated rings. The number of amides is 1. The van der Waals surface area contributed by atoms with Crippen molar-refractivity contribution >= 4 is 18.3 Å². The second kappa shape index (κ2) is 10.1. The molecule has 1 aromatic heterocycles. The van der Waals surface area contributed by atoms with Crippen molar-refractivity contribution in [3.63, 3.8) is 0 Å². The van der Waals surface area contributed by atoms with Gasteiger partial charge in [-0.15, -0.1) is 12.4 Å². The van der Waals surface area contributed by atoms with Crippen molar-refractivity contribution in [2.24, 2.45) is 0 Å². The number of hydrogen-bond donors (Lipinski definition) is 0. The standard InChI is InChI=1S/C20H25N3O2.ClH/c1-17-2-4-19(5-3-17)25-16-20(24)23-14-12-22(13-15-23)11-8-18-6-9-21-10-7-18;/h2-7,9-10H,8,11-16H2,1H3;1H.